The molecule has 0 bridgehead atoms. The first-order valence-corrected chi connectivity index (χ1v) is 10.0. The number of hydrogen-bond acceptors (Lipinski definition) is 4. The maximum absolute atomic E-state index is 14.3. The van der Waals surface area contributed by atoms with Crippen LogP contribution in [0.1, 0.15) is 12.0 Å². The summed E-state index contributed by atoms with van der Waals surface area (Å²) < 4.78 is 55.1. The molecule has 146 valence electrons. The van der Waals surface area contributed by atoms with Crippen molar-refractivity contribution in [3.05, 3.63) is 24.0 Å². The van der Waals surface area contributed by atoms with Crippen molar-refractivity contribution in [1.82, 2.24) is 14.3 Å². The van der Waals surface area contributed by atoms with E-state index in [1.54, 1.807) is 6.07 Å². The zero-order valence-electron chi connectivity index (χ0n) is 14.6. The van der Waals surface area contributed by atoms with Crippen LogP contribution in [0.2, 0.25) is 0 Å². The number of rotatable bonds is 3. The monoisotopic (exact) mass is 449 g/mol. The Morgan fingerprint density at radius 2 is 2.22 bits per heavy atom. The van der Waals surface area contributed by atoms with E-state index in [-0.39, 0.29) is 16.7 Å². The summed E-state index contributed by atoms with van der Waals surface area (Å²) in [7, 11) is 1.85. The van der Waals surface area contributed by atoms with Gasteiger partial charge in [-0.1, -0.05) is 0 Å². The van der Waals surface area contributed by atoms with Gasteiger partial charge in [0.2, 0.25) is 0 Å². The number of nitrogens with zero attached hydrogens (tertiary/aromatic N) is 3. The molecule has 0 amide bonds. The summed E-state index contributed by atoms with van der Waals surface area (Å²) in [6.07, 6.45) is 2.38. The van der Waals surface area contributed by atoms with E-state index in [1.807, 2.05) is 11.9 Å². The van der Waals surface area contributed by atoms with Crippen LogP contribution in [-0.2, 0) is 0 Å². The van der Waals surface area contributed by atoms with E-state index in [2.05, 4.69) is 22.1 Å². The predicted molar refractivity (Wildman–Crippen MR) is 97.0 cm³/mol. The van der Waals surface area contributed by atoms with Crippen molar-refractivity contribution in [2.24, 2.45) is 5.73 Å². The summed E-state index contributed by atoms with van der Waals surface area (Å²) in [6.45, 7) is 1.09. The Morgan fingerprint density at radius 3 is 2.89 bits per heavy atom. The van der Waals surface area contributed by atoms with Crippen LogP contribution in [-0.4, -0.2) is 73.2 Å². The van der Waals surface area contributed by atoms with E-state index < -0.39 is 32.2 Å². The Labute approximate surface area is 160 Å². The van der Waals surface area contributed by atoms with E-state index in [1.165, 1.54) is 16.8 Å². The van der Waals surface area contributed by atoms with E-state index in [0.29, 0.717) is 24.3 Å². The first-order valence-electron chi connectivity index (χ1n) is 8.32. The average Bonchev–Trinajstić information content (AvgIpc) is 2.92. The molecule has 3 N–H and O–H groups in total. The molecule has 1 aliphatic rings. The summed E-state index contributed by atoms with van der Waals surface area (Å²) in [5, 5.41) is -1.25. The molecule has 5 nitrogen and oxygen atoms in total. The zero-order valence-corrected chi connectivity index (χ0v) is 16.3. The second-order valence-corrected chi connectivity index (χ2v) is 8.48. The van der Waals surface area contributed by atoms with Crippen LogP contribution < -0.4 is 15.6 Å². The van der Waals surface area contributed by atoms with E-state index >= 15 is 0 Å². The van der Waals surface area contributed by atoms with Crippen molar-refractivity contribution in [2.45, 2.75) is 23.7 Å². The molecule has 0 radical (unpaired) electrons. The van der Waals surface area contributed by atoms with Gasteiger partial charge in [-0.3, -0.25) is 0 Å². The molecule has 3 rings (SSSR count). The summed E-state index contributed by atoms with van der Waals surface area (Å²) in [5.74, 6) is 5.68. The summed E-state index contributed by atoms with van der Waals surface area (Å²) in [6, 6.07) is 1.12. The number of nitrogens with one attached hydrogen (secondary N) is 1. The van der Waals surface area contributed by atoms with Gasteiger partial charge in [0.05, 0.1) is 0 Å². The maximum atomic E-state index is 14.3. The van der Waals surface area contributed by atoms with Gasteiger partial charge in [-0.15, -0.1) is 0 Å². The molecule has 1 fully saturated rings. The quantitative estimate of drug-likeness (QED) is 0.417. The van der Waals surface area contributed by atoms with Crippen LogP contribution in [0.4, 0.5) is 23.4 Å². The molecule has 2 atom stereocenters. The molecule has 3 heterocycles. The molecule has 0 unspecified atom stereocenters. The van der Waals surface area contributed by atoms with Crippen LogP contribution in [0, 0.1) is 11.8 Å². The normalized spacial score (nSPS) is 21.1. The first kappa shape index (κ1) is 20.0. The van der Waals surface area contributed by atoms with E-state index in [9.17, 15) is 17.6 Å². The van der Waals surface area contributed by atoms with Gasteiger partial charge < -0.3 is 0 Å². The van der Waals surface area contributed by atoms with Gasteiger partial charge in [0.1, 0.15) is 0 Å². The van der Waals surface area contributed by atoms with Crippen molar-refractivity contribution >= 4 is 30.9 Å². The number of anilines is 1. The van der Waals surface area contributed by atoms with Gasteiger partial charge in [0.15, 0.2) is 0 Å². The molecule has 2 aromatic heterocycles. The first-order chi connectivity index (χ1) is 12.8. The molecule has 10 heteroatoms. The van der Waals surface area contributed by atoms with Crippen LogP contribution >= 0.6 is 0 Å². The fraction of sp³-hybridized carbons (Fsp3) is 0.471. The van der Waals surface area contributed by atoms with Gasteiger partial charge in [0, 0.05) is 0 Å². The van der Waals surface area contributed by atoms with Gasteiger partial charge in [-0.2, -0.15) is 0 Å². The van der Waals surface area contributed by atoms with Crippen molar-refractivity contribution < 1.29 is 17.6 Å². The molecule has 1 saturated heterocycles. The molecule has 0 spiro atoms. The zero-order chi connectivity index (χ0) is 19.6. The molecular weight excluding hydrogens is 429 g/mol. The van der Waals surface area contributed by atoms with Crippen LogP contribution in [0.25, 0.3) is 5.52 Å². The standard InChI is InChI=1S/C17H19F4N5Se/c1-25-7-4-13(12(18)10-25)24-15-14-9-11(3-2-5-22)16(27-17(19,20)21)26(14)8-6-23-15/h6,8-9,12-13H,4-5,7,10,22H2,1H3,(H,23,24)/t12-,13+/m0/s1. The van der Waals surface area contributed by atoms with Crippen molar-refractivity contribution in [3.8, 4) is 11.8 Å². The number of hydrogen-bond donors (Lipinski definition) is 2. The van der Waals surface area contributed by atoms with Gasteiger partial charge in [-0.05, 0) is 0 Å². The van der Waals surface area contributed by atoms with Gasteiger partial charge >= 0.3 is 160 Å². The van der Waals surface area contributed by atoms with Crippen molar-refractivity contribution in [1.29, 1.82) is 0 Å². The van der Waals surface area contributed by atoms with E-state index in [4.69, 9.17) is 5.73 Å². The van der Waals surface area contributed by atoms with Crippen molar-refractivity contribution in [2.75, 3.05) is 32.0 Å². The number of fused-ring (bicyclic) bond motifs is 1. The Morgan fingerprint density at radius 1 is 1.44 bits per heavy atom. The van der Waals surface area contributed by atoms with Gasteiger partial charge in [0.25, 0.3) is 0 Å². The summed E-state index contributed by atoms with van der Waals surface area (Å²) in [5.41, 5.74) is 6.08. The third-order valence-electron chi connectivity index (χ3n) is 4.26. The topological polar surface area (TPSA) is 58.6 Å². The summed E-state index contributed by atoms with van der Waals surface area (Å²) in [4.78, 5) is 6.13. The molecule has 2 aromatic rings. The molecular formula is C17H19F4N5Se. The van der Waals surface area contributed by atoms with Crippen LogP contribution in [0.5, 0.6) is 0 Å². The molecule has 0 aliphatic carbocycles. The number of alkyl halides is 4. The average molecular weight is 448 g/mol. The molecule has 0 aromatic carbocycles. The molecule has 1 aliphatic heterocycles. The Hall–Kier alpha value is -1.79. The van der Waals surface area contributed by atoms with Crippen molar-refractivity contribution in [3.63, 3.8) is 0 Å². The Balaban J connectivity index is 2.00. The predicted octanol–water partition coefficient (Wildman–Crippen LogP) is 0.948. The van der Waals surface area contributed by atoms with Crippen LogP contribution in [0.3, 0.4) is 0 Å². The van der Waals surface area contributed by atoms with Crippen LogP contribution in [0.15, 0.2) is 18.5 Å². The third kappa shape index (κ3) is 4.74. The molecule has 27 heavy (non-hydrogen) atoms. The fourth-order valence-electron chi connectivity index (χ4n) is 3.03. The number of aromatic nitrogens is 2. The Kier molecular flexibility index (Phi) is 5.96. The number of piperidine rings is 1. The number of likely N-dealkylation sites (tertiary alicyclic amines) is 1. The summed E-state index contributed by atoms with van der Waals surface area (Å²) >= 11 is -1.78. The molecule has 0 saturated carbocycles. The Bertz CT molecular complexity index is 870. The second kappa shape index (κ2) is 8.07. The minimum absolute atomic E-state index is 0.0487. The minimum atomic E-state index is -4.32. The fourth-order valence-corrected chi connectivity index (χ4v) is 4.50. The van der Waals surface area contributed by atoms with E-state index in [0.717, 1.165) is 6.54 Å². The number of nitrogens with two attached hydrogens (primary N) is 1. The SMILES string of the molecule is CN1CC[C@@H](Nc2nccn3c([Se]C(F)(F)F)c(C#CCN)cc23)[C@@H](F)C1. The van der Waals surface area contributed by atoms with Gasteiger partial charge in [-0.25, -0.2) is 0 Å². The second-order valence-electron chi connectivity index (χ2n) is 6.27. The third-order valence-corrected chi connectivity index (χ3v) is 6.02. The number of halogens is 4.